The molecule has 0 saturated heterocycles. The topological polar surface area (TPSA) is 42.7 Å². The van der Waals surface area contributed by atoms with Crippen molar-refractivity contribution < 1.29 is 0 Å². The molecule has 0 radical (unpaired) electrons. The highest BCUT2D eigenvalue weighted by atomic mass is 35.5. The first-order valence-corrected chi connectivity index (χ1v) is 7.45. The van der Waals surface area contributed by atoms with E-state index < -0.39 is 0 Å². The van der Waals surface area contributed by atoms with Crippen molar-refractivity contribution >= 4 is 22.6 Å². The van der Waals surface area contributed by atoms with Crippen LogP contribution in [-0.4, -0.2) is 21.1 Å². The average Bonchev–Trinajstić information content (AvgIpc) is 2.92. The van der Waals surface area contributed by atoms with Gasteiger partial charge in [-0.05, 0) is 36.7 Å². The summed E-state index contributed by atoms with van der Waals surface area (Å²) in [7, 11) is 0. The van der Waals surface area contributed by atoms with E-state index in [0.29, 0.717) is 10.8 Å². The predicted molar refractivity (Wildman–Crippen MR) is 85.9 cm³/mol. The second kappa shape index (κ2) is 6.24. The van der Waals surface area contributed by atoms with Crippen LogP contribution in [0.5, 0.6) is 0 Å². The van der Waals surface area contributed by atoms with E-state index >= 15 is 0 Å². The fourth-order valence-electron chi connectivity index (χ4n) is 2.28. The van der Waals surface area contributed by atoms with Gasteiger partial charge in [0.2, 0.25) is 0 Å². The van der Waals surface area contributed by atoms with Gasteiger partial charge in [0.15, 0.2) is 5.82 Å². The first kappa shape index (κ1) is 14.0. The van der Waals surface area contributed by atoms with Gasteiger partial charge in [0.1, 0.15) is 6.33 Å². The second-order valence-electron chi connectivity index (χ2n) is 4.93. The van der Waals surface area contributed by atoms with Gasteiger partial charge < -0.3 is 5.32 Å². The highest BCUT2D eigenvalue weighted by molar-refractivity contribution is 6.32. The number of nitrogens with one attached hydrogen (secondary N) is 1. The van der Waals surface area contributed by atoms with E-state index in [9.17, 15) is 0 Å². The molecule has 0 unspecified atom stereocenters. The van der Waals surface area contributed by atoms with E-state index in [2.05, 4.69) is 22.2 Å². The van der Waals surface area contributed by atoms with Crippen LogP contribution in [0.3, 0.4) is 0 Å². The molecule has 1 N–H and O–H groups in total. The highest BCUT2D eigenvalue weighted by Crippen LogP contribution is 2.23. The fraction of sp³-hybridized carbons (Fsp3) is 0.250. The summed E-state index contributed by atoms with van der Waals surface area (Å²) in [5.74, 6) is 0.713. The van der Waals surface area contributed by atoms with Crippen molar-refractivity contribution in [2.75, 3.05) is 6.54 Å². The van der Waals surface area contributed by atoms with Crippen molar-refractivity contribution in [3.63, 3.8) is 0 Å². The van der Waals surface area contributed by atoms with Crippen LogP contribution in [0.25, 0.3) is 16.9 Å². The first-order valence-electron chi connectivity index (χ1n) is 7.07. The van der Waals surface area contributed by atoms with Crippen LogP contribution < -0.4 is 5.32 Å². The molecule has 4 nitrogen and oxygen atoms in total. The zero-order valence-electron chi connectivity index (χ0n) is 11.9. The quantitative estimate of drug-likeness (QED) is 0.733. The summed E-state index contributed by atoms with van der Waals surface area (Å²) in [5, 5.41) is 3.98. The Balaban J connectivity index is 1.92. The molecule has 108 valence electrons. The van der Waals surface area contributed by atoms with Gasteiger partial charge in [0, 0.05) is 12.7 Å². The van der Waals surface area contributed by atoms with Crippen molar-refractivity contribution in [2.45, 2.75) is 19.9 Å². The number of nitrogens with zero attached hydrogens (tertiary/aromatic N) is 3. The average molecular weight is 301 g/mol. The second-order valence-corrected chi connectivity index (χ2v) is 5.34. The number of hydrogen-bond acceptors (Lipinski definition) is 3. The molecule has 5 heteroatoms. The first-order chi connectivity index (χ1) is 10.3. The molecule has 1 aromatic carbocycles. The molecule has 0 spiro atoms. The summed E-state index contributed by atoms with van der Waals surface area (Å²) >= 11 is 6.40. The molecule has 2 heterocycles. The summed E-state index contributed by atoms with van der Waals surface area (Å²) < 4.78 is 1.92. The van der Waals surface area contributed by atoms with Crippen LogP contribution in [0, 0.1) is 0 Å². The number of aromatic nitrogens is 3. The highest BCUT2D eigenvalue weighted by Gasteiger charge is 2.09. The van der Waals surface area contributed by atoms with E-state index in [1.54, 1.807) is 6.33 Å². The zero-order chi connectivity index (χ0) is 14.7. The molecule has 0 fully saturated rings. The third-order valence-corrected chi connectivity index (χ3v) is 3.59. The van der Waals surface area contributed by atoms with Gasteiger partial charge in [-0.25, -0.2) is 9.97 Å². The Labute approximate surface area is 128 Å². The fourth-order valence-corrected chi connectivity index (χ4v) is 2.56. The Morgan fingerprint density at radius 3 is 2.90 bits per heavy atom. The lowest BCUT2D eigenvalue weighted by molar-refractivity contribution is 0.673. The van der Waals surface area contributed by atoms with Crippen molar-refractivity contribution in [2.24, 2.45) is 0 Å². The van der Waals surface area contributed by atoms with Crippen molar-refractivity contribution in [3.8, 4) is 5.82 Å². The maximum atomic E-state index is 6.40. The molecule has 0 amide bonds. The Morgan fingerprint density at radius 1 is 1.24 bits per heavy atom. The number of imidazole rings is 1. The molecule has 3 aromatic rings. The van der Waals surface area contributed by atoms with E-state index in [4.69, 9.17) is 11.6 Å². The number of fused-ring (bicyclic) bond motifs is 1. The SMILES string of the molecule is CCCNCc1cnc(-n2cnc3ccccc32)c(Cl)c1. The molecular formula is C16H17ClN4. The van der Waals surface area contributed by atoms with Crippen molar-refractivity contribution in [3.05, 3.63) is 53.4 Å². The van der Waals surface area contributed by atoms with Gasteiger partial charge in [-0.15, -0.1) is 0 Å². The van der Waals surface area contributed by atoms with E-state index in [1.807, 2.05) is 41.1 Å². The summed E-state index contributed by atoms with van der Waals surface area (Å²) in [5.41, 5.74) is 3.02. The van der Waals surface area contributed by atoms with E-state index in [-0.39, 0.29) is 0 Å². The van der Waals surface area contributed by atoms with E-state index in [0.717, 1.165) is 36.1 Å². The summed E-state index contributed by atoms with van der Waals surface area (Å²) in [6, 6.07) is 9.90. The Morgan fingerprint density at radius 2 is 2.10 bits per heavy atom. The minimum absolute atomic E-state index is 0.633. The predicted octanol–water partition coefficient (Wildman–Crippen LogP) is 3.57. The maximum Gasteiger partial charge on any atom is 0.157 e. The molecular weight excluding hydrogens is 284 g/mol. The molecule has 0 saturated carbocycles. The summed E-state index contributed by atoms with van der Waals surface area (Å²) in [6.07, 6.45) is 4.73. The Hall–Kier alpha value is -1.91. The molecule has 0 atom stereocenters. The number of benzene rings is 1. The number of para-hydroxylation sites is 2. The lowest BCUT2D eigenvalue weighted by Gasteiger charge is -2.08. The van der Waals surface area contributed by atoms with Gasteiger partial charge >= 0.3 is 0 Å². The Bertz CT molecular complexity index is 751. The minimum atomic E-state index is 0.633. The summed E-state index contributed by atoms with van der Waals surface area (Å²) in [4.78, 5) is 8.87. The van der Waals surface area contributed by atoms with Gasteiger partial charge in [0.25, 0.3) is 0 Å². The number of rotatable bonds is 5. The van der Waals surface area contributed by atoms with Crippen molar-refractivity contribution in [1.82, 2.24) is 19.9 Å². The molecule has 3 rings (SSSR count). The van der Waals surface area contributed by atoms with Crippen LogP contribution in [0.15, 0.2) is 42.9 Å². The van der Waals surface area contributed by atoms with Gasteiger partial charge in [-0.1, -0.05) is 30.7 Å². The molecule has 0 aliphatic rings. The normalized spacial score (nSPS) is 11.1. The molecule has 0 bridgehead atoms. The molecule has 21 heavy (non-hydrogen) atoms. The van der Waals surface area contributed by atoms with Crippen molar-refractivity contribution in [1.29, 1.82) is 0 Å². The monoisotopic (exact) mass is 300 g/mol. The van der Waals surface area contributed by atoms with Gasteiger partial charge in [-0.2, -0.15) is 0 Å². The maximum absolute atomic E-state index is 6.40. The Kier molecular flexibility index (Phi) is 4.18. The van der Waals surface area contributed by atoms with Gasteiger partial charge in [-0.3, -0.25) is 4.57 Å². The zero-order valence-corrected chi connectivity index (χ0v) is 12.6. The minimum Gasteiger partial charge on any atom is -0.313 e. The summed E-state index contributed by atoms with van der Waals surface area (Å²) in [6.45, 7) is 3.92. The number of hydrogen-bond donors (Lipinski definition) is 1. The molecule has 2 aromatic heterocycles. The van der Waals surface area contributed by atoms with Crippen LogP contribution in [-0.2, 0) is 6.54 Å². The van der Waals surface area contributed by atoms with E-state index in [1.165, 1.54) is 0 Å². The number of halogens is 1. The standard InChI is InChI=1S/C16H17ClN4/c1-2-7-18-9-12-8-13(17)16(19-10-12)21-11-20-14-5-3-4-6-15(14)21/h3-6,8,10-11,18H,2,7,9H2,1H3. The molecule has 0 aliphatic heterocycles. The third kappa shape index (κ3) is 2.91. The largest absolute Gasteiger partial charge is 0.313 e. The van der Waals surface area contributed by atoms with Crippen LogP contribution in [0.4, 0.5) is 0 Å². The van der Waals surface area contributed by atoms with Gasteiger partial charge in [0.05, 0.1) is 16.1 Å². The lowest BCUT2D eigenvalue weighted by Crippen LogP contribution is -2.14. The smallest absolute Gasteiger partial charge is 0.157 e. The molecule has 0 aliphatic carbocycles. The number of pyridine rings is 1. The van der Waals surface area contributed by atoms with Crippen LogP contribution in [0.2, 0.25) is 5.02 Å². The third-order valence-electron chi connectivity index (χ3n) is 3.32. The van der Waals surface area contributed by atoms with Crippen LogP contribution in [0.1, 0.15) is 18.9 Å². The lowest BCUT2D eigenvalue weighted by atomic mass is 10.2. The van der Waals surface area contributed by atoms with Crippen LogP contribution >= 0.6 is 11.6 Å².